The van der Waals surface area contributed by atoms with Crippen LogP contribution in [0.1, 0.15) is 19.3 Å². The summed E-state index contributed by atoms with van der Waals surface area (Å²) in [7, 11) is 0. The molecule has 0 amide bonds. The van der Waals surface area contributed by atoms with Crippen LogP contribution < -0.4 is 0 Å². The highest BCUT2D eigenvalue weighted by atomic mass is 16.6. The fourth-order valence-corrected chi connectivity index (χ4v) is 1.35. The molecule has 3 heterocycles. The van der Waals surface area contributed by atoms with Gasteiger partial charge >= 0.3 is 0 Å². The van der Waals surface area contributed by atoms with Gasteiger partial charge in [-0.15, -0.1) is 0 Å². The van der Waals surface area contributed by atoms with Crippen LogP contribution in [0, 0.1) is 0 Å². The van der Waals surface area contributed by atoms with E-state index in [0.29, 0.717) is 12.2 Å². The lowest BCUT2D eigenvalue weighted by molar-refractivity contribution is 0.0968. The predicted octanol–water partition coefficient (Wildman–Crippen LogP) is 0.987. The summed E-state index contributed by atoms with van der Waals surface area (Å²) < 4.78 is 20.2. The monoisotopic (exact) mass is 216 g/mol. The van der Waals surface area contributed by atoms with Gasteiger partial charge in [-0.05, 0) is 19.3 Å². The Hall–Kier alpha value is -0.160. The van der Waals surface area contributed by atoms with E-state index in [4.69, 9.17) is 18.9 Å². The zero-order valence-electron chi connectivity index (χ0n) is 9.15. The summed E-state index contributed by atoms with van der Waals surface area (Å²) in [6.45, 7) is 5.26. The van der Waals surface area contributed by atoms with Crippen molar-refractivity contribution in [2.75, 3.05) is 39.6 Å². The van der Waals surface area contributed by atoms with Crippen LogP contribution in [0.2, 0.25) is 0 Å². The van der Waals surface area contributed by atoms with Crippen LogP contribution in [0.3, 0.4) is 0 Å². The first-order valence-electron chi connectivity index (χ1n) is 5.84. The van der Waals surface area contributed by atoms with E-state index in [1.165, 1.54) is 19.3 Å². The Kier molecular flexibility index (Phi) is 4.86. The van der Waals surface area contributed by atoms with Gasteiger partial charge in [0.15, 0.2) is 0 Å². The van der Waals surface area contributed by atoms with Gasteiger partial charge in [-0.2, -0.15) is 0 Å². The van der Waals surface area contributed by atoms with Crippen molar-refractivity contribution >= 4 is 0 Å². The highest BCUT2D eigenvalue weighted by Gasteiger charge is 2.26. The van der Waals surface area contributed by atoms with Crippen LogP contribution in [0.5, 0.6) is 0 Å². The van der Waals surface area contributed by atoms with Crippen molar-refractivity contribution in [2.24, 2.45) is 0 Å². The summed E-state index contributed by atoms with van der Waals surface area (Å²) in [5, 5.41) is 0. The minimum Gasteiger partial charge on any atom is -0.381 e. The lowest BCUT2D eigenvalue weighted by Crippen LogP contribution is -2.06. The van der Waals surface area contributed by atoms with Crippen LogP contribution in [-0.2, 0) is 18.9 Å². The molecule has 2 unspecified atom stereocenters. The molecule has 4 heteroatoms. The van der Waals surface area contributed by atoms with Crippen LogP contribution in [0.25, 0.3) is 0 Å². The van der Waals surface area contributed by atoms with Gasteiger partial charge < -0.3 is 18.9 Å². The number of rotatable bonds is 4. The molecule has 2 atom stereocenters. The molecular weight excluding hydrogens is 196 g/mol. The number of ether oxygens (including phenoxy) is 4. The van der Waals surface area contributed by atoms with Gasteiger partial charge in [-0.25, -0.2) is 0 Å². The maximum absolute atomic E-state index is 5.23. The normalized spacial score (nSPS) is 32.8. The van der Waals surface area contributed by atoms with Gasteiger partial charge in [0.1, 0.15) is 12.2 Å². The summed E-state index contributed by atoms with van der Waals surface area (Å²) in [5.41, 5.74) is 0. The largest absolute Gasteiger partial charge is 0.381 e. The molecule has 3 rings (SSSR count). The maximum Gasteiger partial charge on any atom is 0.104 e. The third-order valence-electron chi connectivity index (χ3n) is 2.49. The van der Waals surface area contributed by atoms with Crippen molar-refractivity contribution in [3.05, 3.63) is 0 Å². The minimum absolute atomic E-state index is 0.392. The van der Waals surface area contributed by atoms with Crippen molar-refractivity contribution in [3.8, 4) is 0 Å². The average Bonchev–Trinajstić information content (AvgIpc) is 3.16. The second-order valence-corrected chi connectivity index (χ2v) is 4.12. The highest BCUT2D eigenvalue weighted by molar-refractivity contribution is 4.71. The van der Waals surface area contributed by atoms with Gasteiger partial charge in [-0.1, -0.05) is 0 Å². The number of hydrogen-bond donors (Lipinski definition) is 0. The molecule has 0 aromatic rings. The molecule has 0 aromatic carbocycles. The Morgan fingerprint density at radius 1 is 0.867 bits per heavy atom. The first kappa shape index (κ1) is 11.3. The third kappa shape index (κ3) is 6.10. The molecule has 0 saturated carbocycles. The van der Waals surface area contributed by atoms with E-state index in [9.17, 15) is 0 Å². The topological polar surface area (TPSA) is 43.5 Å². The quantitative estimate of drug-likeness (QED) is 0.657. The van der Waals surface area contributed by atoms with Gasteiger partial charge in [0.2, 0.25) is 0 Å². The predicted molar refractivity (Wildman–Crippen MR) is 55.0 cm³/mol. The van der Waals surface area contributed by atoms with Crippen LogP contribution in [-0.4, -0.2) is 51.8 Å². The van der Waals surface area contributed by atoms with E-state index in [2.05, 4.69) is 0 Å². The Bertz CT molecular complexity index is 138. The fourth-order valence-electron chi connectivity index (χ4n) is 1.35. The first-order chi connectivity index (χ1) is 7.45. The lowest BCUT2D eigenvalue weighted by atomic mass is 10.2. The summed E-state index contributed by atoms with van der Waals surface area (Å²) in [6.07, 6.45) is 4.72. The van der Waals surface area contributed by atoms with Crippen molar-refractivity contribution in [1.82, 2.24) is 0 Å². The van der Waals surface area contributed by atoms with E-state index in [-0.39, 0.29) is 0 Å². The van der Waals surface area contributed by atoms with Gasteiger partial charge in [0.05, 0.1) is 26.4 Å². The summed E-state index contributed by atoms with van der Waals surface area (Å²) in [5.74, 6) is 0. The van der Waals surface area contributed by atoms with Crippen molar-refractivity contribution in [3.63, 3.8) is 0 Å². The standard InChI is InChI=1S/C6H10O3.C5H10O/c1(5-3-8-5)7-2-6-4-9-6;1-2-4-6-5-3-1/h5-6H,1-4H2;1-5H2. The Morgan fingerprint density at radius 2 is 1.40 bits per heavy atom. The van der Waals surface area contributed by atoms with Crippen LogP contribution in [0.4, 0.5) is 0 Å². The van der Waals surface area contributed by atoms with Gasteiger partial charge in [0.25, 0.3) is 0 Å². The summed E-state index contributed by atoms with van der Waals surface area (Å²) in [4.78, 5) is 0. The molecule has 0 N–H and O–H groups in total. The van der Waals surface area contributed by atoms with Crippen molar-refractivity contribution in [1.29, 1.82) is 0 Å². The molecule has 0 spiro atoms. The molecule has 0 bridgehead atoms. The number of epoxide rings is 2. The smallest absolute Gasteiger partial charge is 0.104 e. The first-order valence-corrected chi connectivity index (χ1v) is 5.84. The fraction of sp³-hybridized carbons (Fsp3) is 1.00. The Balaban J connectivity index is 0.000000124. The Labute approximate surface area is 90.8 Å². The zero-order chi connectivity index (χ0) is 10.3. The molecule has 15 heavy (non-hydrogen) atoms. The minimum atomic E-state index is 0.392. The van der Waals surface area contributed by atoms with E-state index >= 15 is 0 Å². The molecule has 3 aliphatic heterocycles. The van der Waals surface area contributed by atoms with Crippen LogP contribution >= 0.6 is 0 Å². The van der Waals surface area contributed by atoms with E-state index in [1.54, 1.807) is 0 Å². The number of hydrogen-bond acceptors (Lipinski definition) is 4. The molecule has 3 saturated heterocycles. The Morgan fingerprint density at radius 3 is 1.67 bits per heavy atom. The van der Waals surface area contributed by atoms with Crippen molar-refractivity contribution in [2.45, 2.75) is 31.5 Å². The third-order valence-corrected chi connectivity index (χ3v) is 2.49. The molecule has 4 nitrogen and oxygen atoms in total. The summed E-state index contributed by atoms with van der Waals surface area (Å²) >= 11 is 0. The van der Waals surface area contributed by atoms with E-state index in [1.807, 2.05) is 0 Å². The van der Waals surface area contributed by atoms with Crippen molar-refractivity contribution < 1.29 is 18.9 Å². The summed E-state index contributed by atoms with van der Waals surface area (Å²) in [6, 6.07) is 0. The lowest BCUT2D eigenvalue weighted by Gasteiger charge is -2.08. The molecule has 3 aliphatic rings. The van der Waals surface area contributed by atoms with E-state index < -0.39 is 0 Å². The second kappa shape index (κ2) is 6.43. The molecule has 88 valence electrons. The van der Waals surface area contributed by atoms with Crippen LogP contribution in [0.15, 0.2) is 0 Å². The molecule has 0 aromatic heterocycles. The second-order valence-electron chi connectivity index (χ2n) is 4.12. The van der Waals surface area contributed by atoms with Gasteiger partial charge in [0, 0.05) is 13.2 Å². The SMILES string of the molecule is C(OCC1CO1)C1CO1.C1CCOCC1. The van der Waals surface area contributed by atoms with Gasteiger partial charge in [-0.3, -0.25) is 0 Å². The zero-order valence-corrected chi connectivity index (χ0v) is 9.15. The highest BCUT2D eigenvalue weighted by Crippen LogP contribution is 2.12. The molecule has 3 fully saturated rings. The molecular formula is C11H20O4. The maximum atomic E-state index is 5.23. The average molecular weight is 216 g/mol. The van der Waals surface area contributed by atoms with E-state index in [0.717, 1.165) is 39.6 Å². The molecule has 0 aliphatic carbocycles. The molecule has 0 radical (unpaired) electrons.